The first-order valence-electron chi connectivity index (χ1n) is 33.4. The summed E-state index contributed by atoms with van der Waals surface area (Å²) in [6.07, 6.45) is 14.8. The van der Waals surface area contributed by atoms with Crippen molar-refractivity contribution >= 4 is 93.9 Å². The van der Waals surface area contributed by atoms with E-state index in [-0.39, 0.29) is 64.1 Å². The van der Waals surface area contributed by atoms with E-state index in [9.17, 15) is 9.90 Å². The first kappa shape index (κ1) is 69.5. The van der Waals surface area contributed by atoms with Crippen LogP contribution in [0.3, 0.4) is 0 Å². The number of allylic oxidation sites excluding steroid dienone is 2. The molecule has 4 nitrogen and oxygen atoms in total. The molecular formula is C84H98IrN2O2S2-2. The standard InChI is InChI=1S/C34H34NS.C33H32NS.C17H32O2.Ir/c1-20-8-10-25-22(14-20)16-27-31-30-26(12-13-35-31)24-11-9-21(18-33(2,3)4)15-23(24)17-29(30)36-32(27)28(25)19-34(5,6)7;1-32(2,3)18-20-11-12-24-22(15-20)17-28-29-25(24)13-14-34-30(29)26-16-21-9-7-8-10-23(21)27(31(26)35-28)19-33(4,5)6;1-7-16(8-2,9-3)14(18)13-15(19)17(10-4,11-5)12-6;/h8-15,17H,18-19H2,1-7H3;7-15,17H,18-19H2,1-6H3;13,18H,7-12H2,1-6H3;/q2*-1;;/b;;14-13-;. The van der Waals surface area contributed by atoms with Crippen molar-refractivity contribution < 1.29 is 30.0 Å². The van der Waals surface area contributed by atoms with Crippen LogP contribution in [-0.2, 0) is 50.6 Å². The summed E-state index contributed by atoms with van der Waals surface area (Å²) in [5.74, 6) is 0.377. The Hall–Kier alpha value is -5.82. The Morgan fingerprint density at radius 2 is 0.879 bits per heavy atom. The number of nitrogens with zero attached hydrogens (tertiary/aromatic N) is 2. The van der Waals surface area contributed by atoms with Gasteiger partial charge < -0.3 is 5.11 Å². The molecule has 0 unspecified atom stereocenters. The zero-order chi connectivity index (χ0) is 65.0. The number of aromatic nitrogens is 2. The number of rotatable bonds is 13. The van der Waals surface area contributed by atoms with Crippen molar-refractivity contribution in [2.45, 2.75) is 215 Å². The summed E-state index contributed by atoms with van der Waals surface area (Å²) in [4.78, 5) is 27.7. The van der Waals surface area contributed by atoms with E-state index in [1.807, 2.05) is 35.9 Å². The number of carbonyl (C=O) groups is 1. The largest absolute Gasteiger partial charge is 0.512 e. The second kappa shape index (κ2) is 26.9. The molecule has 1 N–H and O–H groups in total. The Kier molecular flexibility index (Phi) is 20.5. The maximum atomic E-state index is 12.5. The molecule has 0 atom stereocenters. The van der Waals surface area contributed by atoms with E-state index in [1.54, 1.807) is 0 Å². The summed E-state index contributed by atoms with van der Waals surface area (Å²) >= 11 is 3.84. The van der Waals surface area contributed by atoms with Gasteiger partial charge in [-0.15, -0.1) is 58.6 Å². The van der Waals surface area contributed by atoms with E-state index in [4.69, 9.17) is 9.97 Å². The third-order valence-electron chi connectivity index (χ3n) is 19.2. The van der Waals surface area contributed by atoms with Crippen LogP contribution in [0.4, 0.5) is 0 Å². The van der Waals surface area contributed by atoms with E-state index >= 15 is 0 Å². The van der Waals surface area contributed by atoms with Crippen LogP contribution in [0, 0.1) is 51.5 Å². The summed E-state index contributed by atoms with van der Waals surface area (Å²) in [5.41, 5.74) is 11.8. The summed E-state index contributed by atoms with van der Waals surface area (Å²) in [5, 5.41) is 25.8. The van der Waals surface area contributed by atoms with E-state index in [1.165, 1.54) is 124 Å². The van der Waals surface area contributed by atoms with Crippen LogP contribution in [0.25, 0.3) is 87.1 Å². The normalized spacial score (nSPS) is 13.4. The van der Waals surface area contributed by atoms with Crippen LogP contribution in [0.5, 0.6) is 0 Å². The number of aryl methyl sites for hydroxylation is 1. The van der Waals surface area contributed by atoms with Gasteiger partial charge in [0.25, 0.3) is 0 Å². The van der Waals surface area contributed by atoms with Gasteiger partial charge in [0.2, 0.25) is 0 Å². The van der Waals surface area contributed by atoms with Crippen LogP contribution < -0.4 is 0 Å². The number of fused-ring (bicyclic) bond motifs is 10. The van der Waals surface area contributed by atoms with Crippen LogP contribution in [-0.4, -0.2) is 20.9 Å². The van der Waals surface area contributed by atoms with Crippen molar-refractivity contribution in [1.82, 2.24) is 9.97 Å². The van der Waals surface area contributed by atoms with Gasteiger partial charge in [0.05, 0.1) is 0 Å². The third-order valence-corrected chi connectivity index (χ3v) is 21.6. The minimum absolute atomic E-state index is 0. The van der Waals surface area contributed by atoms with Gasteiger partial charge in [-0.25, -0.2) is 0 Å². The fraction of sp³-hybridized carbons (Fsp3) is 0.417. The van der Waals surface area contributed by atoms with Crippen molar-refractivity contribution in [2.24, 2.45) is 32.5 Å². The fourth-order valence-corrected chi connectivity index (χ4v) is 16.8. The number of carbonyl (C=O) groups excluding carboxylic acids is 1. The molecule has 7 heteroatoms. The third kappa shape index (κ3) is 14.5. The number of aliphatic hydroxyl groups is 1. The van der Waals surface area contributed by atoms with Crippen molar-refractivity contribution in [3.63, 3.8) is 0 Å². The molecule has 2 aliphatic rings. The van der Waals surface area contributed by atoms with Crippen molar-refractivity contribution in [3.05, 3.63) is 167 Å². The number of ketones is 1. The van der Waals surface area contributed by atoms with Gasteiger partial charge in [-0.05, 0) is 181 Å². The maximum Gasteiger partial charge on any atom is 0.165 e. The average Bonchev–Trinajstić information content (AvgIpc) is 0.727. The van der Waals surface area contributed by atoms with E-state index in [0.717, 1.165) is 81.2 Å². The number of benzene rings is 8. The first-order chi connectivity index (χ1) is 42.5. The van der Waals surface area contributed by atoms with Crippen molar-refractivity contribution in [1.29, 1.82) is 0 Å². The zero-order valence-electron chi connectivity index (χ0n) is 58.0. The second-order valence-corrected chi connectivity index (χ2v) is 33.1. The molecule has 2 aliphatic heterocycles. The molecule has 0 aliphatic carbocycles. The summed E-state index contributed by atoms with van der Waals surface area (Å²) < 4.78 is 0. The molecule has 2 aromatic heterocycles. The quantitative estimate of drug-likeness (QED) is 0.0537. The molecule has 0 bridgehead atoms. The van der Waals surface area contributed by atoms with E-state index in [0.29, 0.717) is 0 Å². The molecule has 0 saturated carbocycles. The predicted molar refractivity (Wildman–Crippen MR) is 390 cm³/mol. The Morgan fingerprint density at radius 3 is 1.31 bits per heavy atom. The Bertz CT molecular complexity index is 4400. The van der Waals surface area contributed by atoms with Gasteiger partial charge in [0.15, 0.2) is 5.78 Å². The molecule has 0 saturated heterocycles. The van der Waals surface area contributed by atoms with Crippen LogP contribution in [0.15, 0.2) is 147 Å². The second-order valence-electron chi connectivity index (χ2n) is 31.0. The SMILES string of the molecule is CC(C)(C)Cc1ccc2c(c1)cc1c3c(nccc32)-c2[c-]c3ccccc3c(CC(C)(C)C)c2S1.CCC(CC)(CC)C(=O)/C=C(\O)C(CC)(CC)CC.Cc1ccc2c(CC(C)(C)C)c3c([c-]c2c1)-c1nccc2c1c(cc1cc(CC(C)(C)C)ccc12)S3.[Ir]. The van der Waals surface area contributed by atoms with Gasteiger partial charge in [0.1, 0.15) is 5.76 Å². The molecule has 479 valence electrons. The monoisotopic (exact) mass is 1420 g/mol. The number of hydrogen-bond donors (Lipinski definition) is 1. The molecule has 0 fully saturated rings. The van der Waals surface area contributed by atoms with Crippen LogP contribution in [0.1, 0.15) is 191 Å². The molecule has 10 aromatic rings. The molecule has 1 radical (unpaired) electrons. The Balaban J connectivity index is 0.000000169. The minimum Gasteiger partial charge on any atom is -0.512 e. The topological polar surface area (TPSA) is 63.1 Å². The number of aliphatic hydroxyl groups excluding tert-OH is 1. The number of pyridine rings is 2. The van der Waals surface area contributed by atoms with Crippen molar-refractivity contribution in [2.75, 3.05) is 0 Å². The van der Waals surface area contributed by atoms with Gasteiger partial charge in [-0.1, -0.05) is 230 Å². The number of hydrogen-bond acceptors (Lipinski definition) is 6. The van der Waals surface area contributed by atoms with E-state index < -0.39 is 0 Å². The molecular weight excluding hydrogens is 1330 g/mol. The Labute approximate surface area is 567 Å². The molecule has 91 heavy (non-hydrogen) atoms. The zero-order valence-corrected chi connectivity index (χ0v) is 62.0. The van der Waals surface area contributed by atoms with Gasteiger partial charge in [-0.2, -0.15) is 0 Å². The van der Waals surface area contributed by atoms with Gasteiger partial charge >= 0.3 is 0 Å². The predicted octanol–water partition coefficient (Wildman–Crippen LogP) is 25.0. The molecule has 12 rings (SSSR count). The maximum absolute atomic E-state index is 12.5. The summed E-state index contributed by atoms with van der Waals surface area (Å²) in [6.45, 7) is 42.4. The molecule has 0 amide bonds. The van der Waals surface area contributed by atoms with Gasteiger partial charge in [0, 0.05) is 70.6 Å². The fourth-order valence-electron chi connectivity index (χ4n) is 14.2. The molecule has 0 spiro atoms. The smallest absolute Gasteiger partial charge is 0.165 e. The van der Waals surface area contributed by atoms with Gasteiger partial charge in [-0.3, -0.25) is 14.8 Å². The van der Waals surface area contributed by atoms with E-state index in [2.05, 4.69) is 247 Å². The Morgan fingerprint density at radius 1 is 0.473 bits per heavy atom. The molecule has 4 heterocycles. The first-order valence-corrected chi connectivity index (χ1v) is 35.1. The summed E-state index contributed by atoms with van der Waals surface area (Å²) in [6, 6.07) is 46.4. The minimum atomic E-state index is -0.297. The van der Waals surface area contributed by atoms with Crippen LogP contribution in [0.2, 0.25) is 0 Å². The summed E-state index contributed by atoms with van der Waals surface area (Å²) in [7, 11) is 0. The molecule has 8 aromatic carbocycles. The van der Waals surface area contributed by atoms with Crippen LogP contribution >= 0.6 is 23.5 Å². The van der Waals surface area contributed by atoms with Crippen molar-refractivity contribution in [3.8, 4) is 22.5 Å². The average molecular weight is 1420 g/mol.